The zero-order valence-electron chi connectivity index (χ0n) is 18.8. The van der Waals surface area contributed by atoms with Crippen LogP contribution in [0.1, 0.15) is 38.2 Å². The van der Waals surface area contributed by atoms with Gasteiger partial charge in [0.25, 0.3) is 0 Å². The molecule has 1 aromatic heterocycles. The Hall–Kier alpha value is -3.38. The normalized spacial score (nSPS) is 20.4. The van der Waals surface area contributed by atoms with Crippen LogP contribution in [-0.4, -0.2) is 53.9 Å². The monoisotopic (exact) mass is 448 g/mol. The van der Waals surface area contributed by atoms with Crippen molar-refractivity contribution in [2.45, 2.75) is 50.7 Å². The molecular formula is C24H28N6O3. The van der Waals surface area contributed by atoms with Crippen molar-refractivity contribution in [2.75, 3.05) is 36.5 Å². The van der Waals surface area contributed by atoms with Crippen molar-refractivity contribution in [3.63, 3.8) is 0 Å². The number of aromatic nitrogens is 2. The molecule has 3 heterocycles. The second kappa shape index (κ2) is 8.87. The quantitative estimate of drug-likeness (QED) is 0.675. The van der Waals surface area contributed by atoms with Gasteiger partial charge in [-0.05, 0) is 56.9 Å². The van der Waals surface area contributed by atoms with Crippen LogP contribution < -0.4 is 20.3 Å². The van der Waals surface area contributed by atoms with Gasteiger partial charge in [0.15, 0.2) is 5.82 Å². The molecule has 172 valence electrons. The summed E-state index contributed by atoms with van der Waals surface area (Å²) >= 11 is 0. The molecule has 1 aromatic carbocycles. The van der Waals surface area contributed by atoms with Crippen LogP contribution in [0.4, 0.5) is 16.3 Å². The van der Waals surface area contributed by atoms with Gasteiger partial charge in [-0.3, -0.25) is 0 Å². The van der Waals surface area contributed by atoms with E-state index in [-0.39, 0.29) is 24.1 Å². The molecule has 1 saturated heterocycles. The third-order valence-electron chi connectivity index (χ3n) is 6.46. The lowest BCUT2D eigenvalue weighted by molar-refractivity contribution is 0.0978. The standard InChI is InChI=1S/C24H28N6O3/c1-16-15-32-14-13-30(16)21-19-7-8-24(9-10-24)33-22(19)29-20(28-21)17-3-5-18(6-4-17)27-23(31)26-12-2-11-25/h3-6,16H,2,7-10,12-15H2,1H3,(H2,26,27,31). The summed E-state index contributed by atoms with van der Waals surface area (Å²) in [6, 6.07) is 9.33. The molecule has 5 rings (SSSR count). The van der Waals surface area contributed by atoms with E-state index in [2.05, 4.69) is 22.5 Å². The number of carbonyl (C=O) groups excluding carboxylic acids is 1. The molecule has 1 unspecified atom stereocenters. The summed E-state index contributed by atoms with van der Waals surface area (Å²) in [6.45, 7) is 4.61. The Balaban J connectivity index is 1.41. The molecule has 2 aliphatic heterocycles. The number of nitriles is 1. The lowest BCUT2D eigenvalue weighted by atomic mass is 10.0. The molecule has 1 atom stereocenters. The number of amides is 2. The number of morpholine rings is 1. The second-order valence-electron chi connectivity index (χ2n) is 8.92. The van der Waals surface area contributed by atoms with Gasteiger partial charge in [-0.1, -0.05) is 0 Å². The first kappa shape index (κ1) is 21.5. The minimum absolute atomic E-state index is 0.0286. The van der Waals surface area contributed by atoms with Gasteiger partial charge in [0.2, 0.25) is 5.88 Å². The summed E-state index contributed by atoms with van der Waals surface area (Å²) in [5.41, 5.74) is 2.58. The van der Waals surface area contributed by atoms with Crippen LogP contribution in [0.3, 0.4) is 0 Å². The third kappa shape index (κ3) is 4.57. The first-order valence-electron chi connectivity index (χ1n) is 11.5. The van der Waals surface area contributed by atoms with Gasteiger partial charge in [-0.25, -0.2) is 9.78 Å². The van der Waals surface area contributed by atoms with Gasteiger partial charge in [-0.2, -0.15) is 10.2 Å². The van der Waals surface area contributed by atoms with Crippen molar-refractivity contribution in [1.29, 1.82) is 5.26 Å². The number of carbonyl (C=O) groups is 1. The first-order chi connectivity index (χ1) is 16.1. The van der Waals surface area contributed by atoms with E-state index in [1.807, 2.05) is 30.3 Å². The molecule has 0 radical (unpaired) electrons. The Labute approximate surface area is 193 Å². The van der Waals surface area contributed by atoms with Crippen molar-refractivity contribution < 1.29 is 14.3 Å². The molecule has 3 aliphatic rings. The molecule has 2 amide bonds. The second-order valence-corrected chi connectivity index (χ2v) is 8.92. The number of rotatable bonds is 5. The molecule has 1 spiro atoms. The first-order valence-corrected chi connectivity index (χ1v) is 11.5. The predicted molar refractivity (Wildman–Crippen MR) is 123 cm³/mol. The van der Waals surface area contributed by atoms with Gasteiger partial charge in [-0.15, -0.1) is 0 Å². The summed E-state index contributed by atoms with van der Waals surface area (Å²) in [4.78, 5) is 24.0. The van der Waals surface area contributed by atoms with Crippen LogP contribution in [0.15, 0.2) is 24.3 Å². The van der Waals surface area contributed by atoms with Crippen molar-refractivity contribution in [2.24, 2.45) is 0 Å². The van der Waals surface area contributed by atoms with Gasteiger partial charge in [0.05, 0.1) is 37.3 Å². The van der Waals surface area contributed by atoms with Crippen LogP contribution in [0.2, 0.25) is 0 Å². The van der Waals surface area contributed by atoms with Gasteiger partial charge < -0.3 is 25.0 Å². The number of nitrogens with zero attached hydrogens (tertiary/aromatic N) is 4. The van der Waals surface area contributed by atoms with E-state index in [4.69, 9.17) is 24.7 Å². The SMILES string of the molecule is CC1COCCN1c1nc(-c2ccc(NC(=O)NCCC#N)cc2)nc2c1CCC1(CC1)O2. The number of anilines is 2. The fourth-order valence-corrected chi connectivity index (χ4v) is 4.37. The summed E-state index contributed by atoms with van der Waals surface area (Å²) in [7, 11) is 0. The number of ether oxygens (including phenoxy) is 2. The highest BCUT2D eigenvalue weighted by Gasteiger charge is 2.49. The highest BCUT2D eigenvalue weighted by atomic mass is 16.5. The minimum Gasteiger partial charge on any atom is -0.471 e. The maximum atomic E-state index is 11.9. The average molecular weight is 449 g/mol. The zero-order chi connectivity index (χ0) is 22.8. The molecule has 2 fully saturated rings. The summed E-state index contributed by atoms with van der Waals surface area (Å²) in [5.74, 6) is 2.27. The maximum absolute atomic E-state index is 11.9. The van der Waals surface area contributed by atoms with E-state index in [9.17, 15) is 4.79 Å². The van der Waals surface area contributed by atoms with E-state index in [1.54, 1.807) is 0 Å². The molecule has 1 aliphatic carbocycles. The Morgan fingerprint density at radius 1 is 1.27 bits per heavy atom. The van der Waals surface area contributed by atoms with Crippen LogP contribution in [0.5, 0.6) is 5.88 Å². The largest absolute Gasteiger partial charge is 0.471 e. The Morgan fingerprint density at radius 2 is 2.09 bits per heavy atom. The zero-order valence-corrected chi connectivity index (χ0v) is 18.8. The van der Waals surface area contributed by atoms with Crippen LogP contribution >= 0.6 is 0 Å². The molecule has 2 N–H and O–H groups in total. The highest BCUT2D eigenvalue weighted by molar-refractivity contribution is 5.89. The van der Waals surface area contributed by atoms with Gasteiger partial charge in [0.1, 0.15) is 11.4 Å². The van der Waals surface area contributed by atoms with Crippen molar-refractivity contribution in [3.05, 3.63) is 29.8 Å². The molecule has 33 heavy (non-hydrogen) atoms. The molecule has 9 nitrogen and oxygen atoms in total. The maximum Gasteiger partial charge on any atom is 0.319 e. The van der Waals surface area contributed by atoms with E-state index in [0.717, 1.165) is 49.2 Å². The average Bonchev–Trinajstić information content (AvgIpc) is 3.57. The van der Waals surface area contributed by atoms with E-state index < -0.39 is 0 Å². The Morgan fingerprint density at radius 3 is 2.82 bits per heavy atom. The molecule has 9 heteroatoms. The number of hydrogen-bond acceptors (Lipinski definition) is 7. The van der Waals surface area contributed by atoms with E-state index in [1.165, 1.54) is 0 Å². The Bertz CT molecular complexity index is 1080. The van der Waals surface area contributed by atoms with Crippen molar-refractivity contribution in [3.8, 4) is 23.3 Å². The van der Waals surface area contributed by atoms with E-state index >= 15 is 0 Å². The number of nitrogens with one attached hydrogen (secondary N) is 2. The van der Waals surface area contributed by atoms with Crippen LogP contribution in [-0.2, 0) is 11.2 Å². The topological polar surface area (TPSA) is 112 Å². The third-order valence-corrected chi connectivity index (χ3v) is 6.46. The molecule has 0 bridgehead atoms. The summed E-state index contributed by atoms with van der Waals surface area (Å²) in [6.07, 6.45) is 4.40. The fraction of sp³-hybridized carbons (Fsp3) is 0.500. The lowest BCUT2D eigenvalue weighted by Crippen LogP contribution is -2.45. The number of urea groups is 1. The van der Waals surface area contributed by atoms with Crippen molar-refractivity contribution in [1.82, 2.24) is 15.3 Å². The predicted octanol–water partition coefficient (Wildman–Crippen LogP) is 3.26. The summed E-state index contributed by atoms with van der Waals surface area (Å²) in [5, 5.41) is 14.0. The molecular weight excluding hydrogens is 420 g/mol. The minimum atomic E-state index is -0.338. The smallest absolute Gasteiger partial charge is 0.319 e. The van der Waals surface area contributed by atoms with Gasteiger partial charge >= 0.3 is 6.03 Å². The Kier molecular flexibility index (Phi) is 5.77. The van der Waals surface area contributed by atoms with Crippen LogP contribution in [0, 0.1) is 11.3 Å². The van der Waals surface area contributed by atoms with E-state index in [0.29, 0.717) is 37.2 Å². The highest BCUT2D eigenvalue weighted by Crippen LogP contribution is 2.49. The van der Waals surface area contributed by atoms with Crippen LogP contribution in [0.25, 0.3) is 11.4 Å². The molecule has 2 aromatic rings. The van der Waals surface area contributed by atoms with Crippen molar-refractivity contribution >= 4 is 17.5 Å². The fourth-order valence-electron chi connectivity index (χ4n) is 4.37. The lowest BCUT2D eigenvalue weighted by Gasteiger charge is -2.37. The molecule has 1 saturated carbocycles. The number of fused-ring (bicyclic) bond motifs is 1. The number of benzene rings is 1. The number of hydrogen-bond donors (Lipinski definition) is 2. The van der Waals surface area contributed by atoms with Gasteiger partial charge in [0, 0.05) is 24.3 Å². The summed E-state index contributed by atoms with van der Waals surface area (Å²) < 4.78 is 12.0.